The Morgan fingerprint density at radius 2 is 2.00 bits per heavy atom. The van der Waals surface area contributed by atoms with Crippen LogP contribution in [0.1, 0.15) is 31.2 Å². The third kappa shape index (κ3) is 2.59. The van der Waals surface area contributed by atoms with E-state index < -0.39 is 36.0 Å². The van der Waals surface area contributed by atoms with Crippen LogP contribution in [0.25, 0.3) is 0 Å². The van der Waals surface area contributed by atoms with Gasteiger partial charge in [0.15, 0.2) is 0 Å². The molecule has 1 aliphatic carbocycles. The van der Waals surface area contributed by atoms with E-state index in [0.717, 1.165) is 17.0 Å². The Balaban J connectivity index is 1.87. The Hall–Kier alpha value is -2.27. The topological polar surface area (TPSA) is 76.4 Å². The molecule has 1 atom stereocenters. The van der Waals surface area contributed by atoms with Gasteiger partial charge in [-0.1, -0.05) is 12.8 Å². The first-order valence-corrected chi connectivity index (χ1v) is 7.64. The predicted octanol–water partition coefficient (Wildman–Crippen LogP) is 2.85. The highest BCUT2D eigenvalue weighted by Gasteiger charge is 2.64. The molecule has 0 aromatic heterocycles. The molecule has 3 rings (SSSR count). The second-order valence-electron chi connectivity index (χ2n) is 6.33. The summed E-state index contributed by atoms with van der Waals surface area (Å²) in [5.74, 6) is -4.10. The third-order valence-electron chi connectivity index (χ3n) is 4.81. The molecule has 24 heavy (non-hydrogen) atoms. The highest BCUT2D eigenvalue weighted by atomic mass is 19.3. The molecule has 0 bridgehead atoms. The zero-order valence-electron chi connectivity index (χ0n) is 12.7. The van der Waals surface area contributed by atoms with E-state index in [1.54, 1.807) is 6.07 Å². The zero-order valence-corrected chi connectivity index (χ0v) is 12.7. The van der Waals surface area contributed by atoms with Crippen LogP contribution in [0.5, 0.6) is 0 Å². The van der Waals surface area contributed by atoms with E-state index in [0.29, 0.717) is 25.7 Å². The summed E-state index contributed by atoms with van der Waals surface area (Å²) in [7, 11) is 0. The number of rotatable bonds is 1. The molecule has 1 aromatic carbocycles. The van der Waals surface area contributed by atoms with Crippen LogP contribution in [0, 0.1) is 17.1 Å². The number of benzene rings is 1. The molecule has 128 valence electrons. The van der Waals surface area contributed by atoms with Gasteiger partial charge in [0.05, 0.1) is 23.7 Å². The normalized spacial score (nSPS) is 24.1. The number of nitriles is 1. The number of likely N-dealkylation sites (tertiary alicyclic amines) is 1. The number of halogens is 3. The highest BCUT2D eigenvalue weighted by Crippen LogP contribution is 2.49. The van der Waals surface area contributed by atoms with Gasteiger partial charge in [-0.2, -0.15) is 5.26 Å². The van der Waals surface area contributed by atoms with Crippen molar-refractivity contribution in [3.05, 3.63) is 29.6 Å². The fraction of sp³-hybridized carbons (Fsp3) is 0.500. The van der Waals surface area contributed by atoms with E-state index in [1.165, 1.54) is 6.07 Å². The molecule has 1 heterocycles. The van der Waals surface area contributed by atoms with Crippen molar-refractivity contribution in [2.45, 2.75) is 43.2 Å². The number of carbonyl (C=O) groups excluding carboxylic acids is 1. The average Bonchev–Trinajstić information content (AvgIpc) is 3.07. The lowest BCUT2D eigenvalue weighted by molar-refractivity contribution is -0.0958. The van der Waals surface area contributed by atoms with Gasteiger partial charge in [-0.3, -0.25) is 0 Å². The fourth-order valence-electron chi connectivity index (χ4n) is 3.72. The maximum atomic E-state index is 14.0. The molecule has 1 unspecified atom stereocenters. The molecular formula is C16H16F3N3O2. The summed E-state index contributed by atoms with van der Waals surface area (Å²) in [5.41, 5.74) is -1.28. The van der Waals surface area contributed by atoms with Crippen LogP contribution in [0.15, 0.2) is 18.2 Å². The quantitative estimate of drug-likeness (QED) is 0.826. The number of carbonyl (C=O) groups is 1. The van der Waals surface area contributed by atoms with Gasteiger partial charge in [0.25, 0.3) is 5.92 Å². The van der Waals surface area contributed by atoms with Gasteiger partial charge < -0.3 is 15.3 Å². The first-order valence-electron chi connectivity index (χ1n) is 7.64. The maximum Gasteiger partial charge on any atom is 0.322 e. The van der Waals surface area contributed by atoms with E-state index in [-0.39, 0.29) is 11.3 Å². The maximum absolute atomic E-state index is 14.0. The Kier molecular flexibility index (Phi) is 3.92. The number of alkyl halides is 2. The fourth-order valence-corrected chi connectivity index (χ4v) is 3.72. The Morgan fingerprint density at radius 3 is 2.62 bits per heavy atom. The molecule has 2 amide bonds. The summed E-state index contributed by atoms with van der Waals surface area (Å²) in [6.07, 6.45) is -0.0289. The van der Waals surface area contributed by atoms with Crippen LogP contribution in [-0.2, 0) is 0 Å². The van der Waals surface area contributed by atoms with Crippen molar-refractivity contribution in [3.8, 4) is 6.07 Å². The first kappa shape index (κ1) is 16.6. The summed E-state index contributed by atoms with van der Waals surface area (Å²) < 4.78 is 41.4. The van der Waals surface area contributed by atoms with Crippen LogP contribution in [0.2, 0.25) is 0 Å². The number of anilines is 1. The number of aliphatic hydroxyl groups excluding tert-OH is 1. The van der Waals surface area contributed by atoms with Crippen molar-refractivity contribution < 1.29 is 23.1 Å². The highest BCUT2D eigenvalue weighted by molar-refractivity contribution is 5.90. The van der Waals surface area contributed by atoms with E-state index in [1.807, 2.05) is 0 Å². The third-order valence-corrected chi connectivity index (χ3v) is 4.81. The molecular weight excluding hydrogens is 323 g/mol. The summed E-state index contributed by atoms with van der Waals surface area (Å²) in [4.78, 5) is 13.4. The van der Waals surface area contributed by atoms with Crippen molar-refractivity contribution in [1.82, 2.24) is 4.90 Å². The molecule has 2 aliphatic rings. The van der Waals surface area contributed by atoms with Crippen LogP contribution in [0.4, 0.5) is 23.7 Å². The van der Waals surface area contributed by atoms with Gasteiger partial charge in [0.2, 0.25) is 0 Å². The minimum atomic E-state index is -3.39. The van der Waals surface area contributed by atoms with E-state index in [4.69, 9.17) is 5.26 Å². The molecule has 2 fully saturated rings. The first-order chi connectivity index (χ1) is 11.3. The summed E-state index contributed by atoms with van der Waals surface area (Å²) >= 11 is 0. The predicted molar refractivity (Wildman–Crippen MR) is 79.0 cm³/mol. The lowest BCUT2D eigenvalue weighted by Crippen LogP contribution is -2.53. The number of amides is 2. The number of nitrogens with one attached hydrogen (secondary N) is 1. The van der Waals surface area contributed by atoms with E-state index in [2.05, 4.69) is 5.32 Å². The zero-order chi connectivity index (χ0) is 17.5. The molecule has 1 saturated carbocycles. The second-order valence-corrected chi connectivity index (χ2v) is 6.33. The lowest BCUT2D eigenvalue weighted by Gasteiger charge is -2.36. The minimum absolute atomic E-state index is 0.00710. The van der Waals surface area contributed by atoms with Gasteiger partial charge in [0.1, 0.15) is 11.9 Å². The van der Waals surface area contributed by atoms with Crippen molar-refractivity contribution in [2.24, 2.45) is 0 Å². The number of hydrogen-bond donors (Lipinski definition) is 2. The molecule has 8 heteroatoms. The number of hydrogen-bond acceptors (Lipinski definition) is 3. The number of urea groups is 1. The largest absolute Gasteiger partial charge is 0.384 e. The average molecular weight is 339 g/mol. The SMILES string of the molecule is N#Cc1cc(F)cc(NC(=O)N2CC(F)(F)C(O)C23CCCC3)c1. The van der Waals surface area contributed by atoms with Crippen molar-refractivity contribution in [1.29, 1.82) is 5.26 Å². The Labute approximate surface area is 136 Å². The van der Waals surface area contributed by atoms with Crippen molar-refractivity contribution >= 4 is 11.7 Å². The number of nitrogens with zero attached hydrogens (tertiary/aromatic N) is 2. The molecule has 5 nitrogen and oxygen atoms in total. The van der Waals surface area contributed by atoms with Gasteiger partial charge in [-0.15, -0.1) is 0 Å². The molecule has 1 aliphatic heterocycles. The smallest absolute Gasteiger partial charge is 0.322 e. The van der Waals surface area contributed by atoms with Gasteiger partial charge in [0, 0.05) is 5.69 Å². The van der Waals surface area contributed by atoms with Crippen molar-refractivity contribution in [2.75, 3.05) is 11.9 Å². The van der Waals surface area contributed by atoms with Gasteiger partial charge >= 0.3 is 6.03 Å². The summed E-state index contributed by atoms with van der Waals surface area (Å²) in [5, 5.41) is 21.2. The molecule has 1 saturated heterocycles. The molecule has 0 radical (unpaired) electrons. The lowest BCUT2D eigenvalue weighted by atomic mass is 9.90. The Bertz CT molecular complexity index is 711. The minimum Gasteiger partial charge on any atom is -0.384 e. The number of aliphatic hydroxyl groups is 1. The molecule has 1 aromatic rings. The molecule has 2 N–H and O–H groups in total. The Morgan fingerprint density at radius 1 is 1.33 bits per heavy atom. The van der Waals surface area contributed by atoms with Gasteiger partial charge in [-0.05, 0) is 31.0 Å². The summed E-state index contributed by atoms with van der Waals surface area (Å²) in [6, 6.07) is 4.19. The monoisotopic (exact) mass is 339 g/mol. The van der Waals surface area contributed by atoms with Gasteiger partial charge in [-0.25, -0.2) is 18.0 Å². The summed E-state index contributed by atoms with van der Waals surface area (Å²) in [6.45, 7) is -0.888. The second kappa shape index (κ2) is 5.67. The molecule has 1 spiro atoms. The standard InChI is InChI=1S/C16H16F3N3O2/c17-11-5-10(8-20)6-12(7-11)21-14(24)22-9-16(18,19)13(23)15(22)3-1-2-4-15/h5-7,13,23H,1-4,9H2,(H,21,24). The van der Waals surface area contributed by atoms with Crippen LogP contribution in [-0.4, -0.2) is 40.1 Å². The van der Waals surface area contributed by atoms with E-state index in [9.17, 15) is 23.1 Å². The van der Waals surface area contributed by atoms with Crippen LogP contribution >= 0.6 is 0 Å². The van der Waals surface area contributed by atoms with Crippen molar-refractivity contribution in [3.63, 3.8) is 0 Å². The van der Waals surface area contributed by atoms with Crippen LogP contribution in [0.3, 0.4) is 0 Å². The van der Waals surface area contributed by atoms with E-state index >= 15 is 0 Å². The van der Waals surface area contributed by atoms with Crippen LogP contribution < -0.4 is 5.32 Å².